The molecule has 10 heteroatoms. The Morgan fingerprint density at radius 1 is 0.950 bits per heavy atom. The van der Waals surface area contributed by atoms with Crippen LogP contribution in [-0.2, 0) is 26.2 Å². The molecule has 3 aromatic carbocycles. The lowest BCUT2D eigenvalue weighted by molar-refractivity contribution is -0.139. The summed E-state index contributed by atoms with van der Waals surface area (Å²) in [6, 6.07) is 17.3. The van der Waals surface area contributed by atoms with Gasteiger partial charge in [-0.25, -0.2) is 8.42 Å². The fourth-order valence-electron chi connectivity index (χ4n) is 4.11. The van der Waals surface area contributed by atoms with Crippen LogP contribution >= 0.6 is 23.2 Å². The maximum absolute atomic E-state index is 14.0. The number of carbonyl (C=O) groups is 2. The van der Waals surface area contributed by atoms with Crippen molar-refractivity contribution in [3.05, 3.63) is 93.5 Å². The molecule has 3 rings (SSSR count). The van der Waals surface area contributed by atoms with Crippen molar-refractivity contribution in [1.29, 1.82) is 0 Å². The minimum Gasteiger partial charge on any atom is -0.352 e. The number of nitrogens with one attached hydrogen (secondary N) is 1. The Bertz CT molecular complexity index is 1460. The molecule has 214 valence electrons. The van der Waals surface area contributed by atoms with Crippen LogP contribution in [-0.4, -0.2) is 43.8 Å². The lowest BCUT2D eigenvalue weighted by Gasteiger charge is -2.33. The van der Waals surface area contributed by atoms with Gasteiger partial charge in [0.2, 0.25) is 11.8 Å². The third kappa shape index (κ3) is 7.56. The normalized spacial score (nSPS) is 12.9. The number of carbonyl (C=O) groups excluding carboxylic acids is 2. The Hall–Kier alpha value is -3.07. The zero-order valence-electron chi connectivity index (χ0n) is 23.3. The second kappa shape index (κ2) is 13.5. The molecule has 1 N–H and O–H groups in total. The van der Waals surface area contributed by atoms with E-state index in [1.807, 2.05) is 20.8 Å². The van der Waals surface area contributed by atoms with E-state index < -0.39 is 28.5 Å². The average molecular weight is 605 g/mol. The van der Waals surface area contributed by atoms with Gasteiger partial charge < -0.3 is 10.2 Å². The first-order chi connectivity index (χ1) is 18.8. The maximum atomic E-state index is 14.0. The first-order valence-electron chi connectivity index (χ1n) is 13.0. The van der Waals surface area contributed by atoms with Crippen LogP contribution in [0.3, 0.4) is 0 Å². The standard InChI is InChI=1S/C30H35Cl2N3O4S/c1-6-22(4)33-30(37)23(5)34(18-24-9-7-8-10-27(24)32)29(36)19-35(28-16-13-25(31)17-21(28)3)40(38,39)26-14-11-20(2)12-15-26/h7-17,22-23H,6,18-19H2,1-5H3,(H,33,37)/t22-,23-/m1/s1. The number of rotatable bonds is 11. The van der Waals surface area contributed by atoms with Gasteiger partial charge in [0.15, 0.2) is 0 Å². The summed E-state index contributed by atoms with van der Waals surface area (Å²) in [5.41, 5.74) is 2.43. The summed E-state index contributed by atoms with van der Waals surface area (Å²) in [4.78, 5) is 28.6. The highest BCUT2D eigenvalue weighted by molar-refractivity contribution is 7.92. The number of aryl methyl sites for hydroxylation is 2. The summed E-state index contributed by atoms with van der Waals surface area (Å²) in [5.74, 6) is -0.901. The fourth-order valence-corrected chi connectivity index (χ4v) is 6.01. The molecule has 40 heavy (non-hydrogen) atoms. The van der Waals surface area contributed by atoms with Crippen molar-refractivity contribution in [3.8, 4) is 0 Å². The van der Waals surface area contributed by atoms with Gasteiger partial charge in [-0.2, -0.15) is 0 Å². The summed E-state index contributed by atoms with van der Waals surface area (Å²) in [6.07, 6.45) is 0.718. The second-order valence-electron chi connectivity index (χ2n) is 9.86. The van der Waals surface area contributed by atoms with Crippen molar-refractivity contribution in [1.82, 2.24) is 10.2 Å². The van der Waals surface area contributed by atoms with Gasteiger partial charge in [-0.3, -0.25) is 13.9 Å². The number of hydrogen-bond donors (Lipinski definition) is 1. The SMILES string of the molecule is CC[C@@H](C)NC(=O)[C@@H](C)N(Cc1ccccc1Cl)C(=O)CN(c1ccc(Cl)cc1C)S(=O)(=O)c1ccc(C)cc1. The molecule has 0 heterocycles. The van der Waals surface area contributed by atoms with E-state index in [-0.39, 0.29) is 23.4 Å². The molecule has 2 atom stereocenters. The van der Waals surface area contributed by atoms with Gasteiger partial charge in [-0.1, -0.05) is 66.0 Å². The summed E-state index contributed by atoms with van der Waals surface area (Å²) >= 11 is 12.6. The number of hydrogen-bond acceptors (Lipinski definition) is 4. The van der Waals surface area contributed by atoms with Gasteiger partial charge in [0.1, 0.15) is 12.6 Å². The summed E-state index contributed by atoms with van der Waals surface area (Å²) in [6.45, 7) is 8.52. The molecule has 2 amide bonds. The molecule has 3 aromatic rings. The lowest BCUT2D eigenvalue weighted by atomic mass is 10.1. The number of amides is 2. The van der Waals surface area contributed by atoms with Crippen LogP contribution in [0.25, 0.3) is 0 Å². The van der Waals surface area contributed by atoms with Crippen LogP contribution in [0.1, 0.15) is 43.9 Å². The highest BCUT2D eigenvalue weighted by atomic mass is 35.5. The molecule has 0 spiro atoms. The van der Waals surface area contributed by atoms with Crippen molar-refractivity contribution in [2.45, 2.75) is 64.6 Å². The molecular weight excluding hydrogens is 569 g/mol. The first kappa shape index (κ1) is 31.5. The van der Waals surface area contributed by atoms with Gasteiger partial charge in [0.25, 0.3) is 10.0 Å². The molecule has 0 saturated heterocycles. The smallest absolute Gasteiger partial charge is 0.264 e. The van der Waals surface area contributed by atoms with E-state index >= 15 is 0 Å². The minimum atomic E-state index is -4.17. The summed E-state index contributed by atoms with van der Waals surface area (Å²) in [7, 11) is -4.17. The predicted octanol–water partition coefficient (Wildman–Crippen LogP) is 6.14. The Morgan fingerprint density at radius 2 is 1.60 bits per heavy atom. The predicted molar refractivity (Wildman–Crippen MR) is 161 cm³/mol. The van der Waals surface area contributed by atoms with Crippen LogP contribution in [0.15, 0.2) is 71.6 Å². The third-order valence-electron chi connectivity index (χ3n) is 6.78. The highest BCUT2D eigenvalue weighted by Gasteiger charge is 2.33. The minimum absolute atomic E-state index is 0.0195. The Labute approximate surface area is 247 Å². The van der Waals surface area contributed by atoms with E-state index in [1.54, 1.807) is 68.4 Å². The lowest BCUT2D eigenvalue weighted by Crippen LogP contribution is -2.52. The zero-order chi connectivity index (χ0) is 29.6. The third-order valence-corrected chi connectivity index (χ3v) is 9.16. The second-order valence-corrected chi connectivity index (χ2v) is 12.6. The Morgan fingerprint density at radius 3 is 2.20 bits per heavy atom. The molecule has 0 radical (unpaired) electrons. The number of halogens is 2. The first-order valence-corrected chi connectivity index (χ1v) is 15.2. The zero-order valence-corrected chi connectivity index (χ0v) is 25.6. The van der Waals surface area contributed by atoms with Crippen LogP contribution in [0.5, 0.6) is 0 Å². The van der Waals surface area contributed by atoms with E-state index in [0.717, 1.165) is 16.3 Å². The molecule has 0 aliphatic rings. The van der Waals surface area contributed by atoms with Gasteiger partial charge >= 0.3 is 0 Å². The van der Waals surface area contributed by atoms with E-state index in [9.17, 15) is 18.0 Å². The van der Waals surface area contributed by atoms with E-state index in [4.69, 9.17) is 23.2 Å². The van der Waals surface area contributed by atoms with E-state index in [2.05, 4.69) is 5.32 Å². The molecule has 0 saturated carbocycles. The van der Waals surface area contributed by atoms with Gasteiger partial charge in [0.05, 0.1) is 10.6 Å². The van der Waals surface area contributed by atoms with Crippen LogP contribution in [0.4, 0.5) is 5.69 Å². The molecule has 0 aliphatic heterocycles. The van der Waals surface area contributed by atoms with Gasteiger partial charge in [-0.15, -0.1) is 0 Å². The quantitative estimate of drug-likeness (QED) is 0.285. The van der Waals surface area contributed by atoms with Crippen molar-refractivity contribution < 1.29 is 18.0 Å². The monoisotopic (exact) mass is 603 g/mol. The maximum Gasteiger partial charge on any atom is 0.264 e. The van der Waals surface area contributed by atoms with E-state index in [1.165, 1.54) is 17.0 Å². The molecule has 0 unspecified atom stereocenters. The highest BCUT2D eigenvalue weighted by Crippen LogP contribution is 2.30. The van der Waals surface area contributed by atoms with E-state index in [0.29, 0.717) is 26.9 Å². The molecule has 7 nitrogen and oxygen atoms in total. The van der Waals surface area contributed by atoms with Crippen molar-refractivity contribution in [2.24, 2.45) is 0 Å². The van der Waals surface area contributed by atoms with Gasteiger partial charge in [0, 0.05) is 22.6 Å². The fraction of sp³-hybridized carbons (Fsp3) is 0.333. The van der Waals surface area contributed by atoms with Crippen molar-refractivity contribution >= 4 is 50.7 Å². The number of anilines is 1. The number of sulfonamides is 1. The Balaban J connectivity index is 2.07. The summed E-state index contributed by atoms with van der Waals surface area (Å²) in [5, 5.41) is 3.79. The van der Waals surface area contributed by atoms with Crippen molar-refractivity contribution in [2.75, 3.05) is 10.8 Å². The largest absolute Gasteiger partial charge is 0.352 e. The number of nitrogens with zero attached hydrogens (tertiary/aromatic N) is 2. The summed E-state index contributed by atoms with van der Waals surface area (Å²) < 4.78 is 29.0. The van der Waals surface area contributed by atoms with Crippen LogP contribution in [0.2, 0.25) is 10.0 Å². The van der Waals surface area contributed by atoms with Crippen LogP contribution < -0.4 is 9.62 Å². The van der Waals surface area contributed by atoms with Gasteiger partial charge in [-0.05, 0) is 81.6 Å². The molecule has 0 fully saturated rings. The molecular formula is C30H35Cl2N3O4S. The van der Waals surface area contributed by atoms with Crippen molar-refractivity contribution in [3.63, 3.8) is 0 Å². The number of benzene rings is 3. The van der Waals surface area contributed by atoms with Crippen LogP contribution in [0, 0.1) is 13.8 Å². The molecule has 0 aromatic heterocycles. The topological polar surface area (TPSA) is 86.8 Å². The average Bonchev–Trinajstić information content (AvgIpc) is 2.91. The molecule has 0 aliphatic carbocycles. The Kier molecular flexibility index (Phi) is 10.6. The molecule has 0 bridgehead atoms.